The number of nitrogens with one attached hydrogen (secondary N) is 2. The lowest BCUT2D eigenvalue weighted by Crippen LogP contribution is -2.37. The Morgan fingerprint density at radius 2 is 2.03 bits per heavy atom. The third kappa shape index (κ3) is 3.85. The van der Waals surface area contributed by atoms with Crippen LogP contribution in [0.15, 0.2) is 33.6 Å². The van der Waals surface area contributed by atoms with Gasteiger partial charge in [0.2, 0.25) is 5.91 Å². The van der Waals surface area contributed by atoms with Gasteiger partial charge >= 0.3 is 5.69 Å². The van der Waals surface area contributed by atoms with Crippen molar-refractivity contribution in [2.45, 2.75) is 19.4 Å². The molecule has 4 aromatic rings. The Morgan fingerprint density at radius 1 is 1.25 bits per heavy atom. The number of thiazole rings is 1. The van der Waals surface area contributed by atoms with Gasteiger partial charge in [-0.05, 0) is 12.5 Å². The number of aryl methyl sites for hydroxylation is 2. The predicted octanol–water partition coefficient (Wildman–Crippen LogP) is 0.403. The first-order chi connectivity index (χ1) is 15.3. The van der Waals surface area contributed by atoms with E-state index in [9.17, 15) is 19.2 Å². The zero-order valence-corrected chi connectivity index (χ0v) is 18.1. The Kier molecular flexibility index (Phi) is 5.48. The summed E-state index contributed by atoms with van der Waals surface area (Å²) in [4.78, 5) is 59.3. The van der Waals surface area contributed by atoms with Crippen molar-refractivity contribution in [2.24, 2.45) is 19.8 Å². The van der Waals surface area contributed by atoms with Gasteiger partial charge in [-0.3, -0.25) is 23.5 Å². The molecule has 0 unspecified atom stereocenters. The molecule has 0 spiro atoms. The fourth-order valence-corrected chi connectivity index (χ4v) is 4.04. The number of anilines is 1. The first-order valence-electron chi connectivity index (χ1n) is 9.61. The van der Waals surface area contributed by atoms with Crippen LogP contribution in [0.25, 0.3) is 22.4 Å². The van der Waals surface area contributed by atoms with Crippen LogP contribution in [0.3, 0.4) is 0 Å². The maximum atomic E-state index is 12.5. The lowest BCUT2D eigenvalue weighted by atomic mass is 10.2. The zero-order valence-electron chi connectivity index (χ0n) is 17.3. The monoisotopic (exact) mass is 456 g/mol. The molecule has 0 bridgehead atoms. The molecule has 0 atom stereocenters. The molecule has 0 aliphatic rings. The van der Waals surface area contributed by atoms with Gasteiger partial charge in [0, 0.05) is 44.2 Å². The van der Waals surface area contributed by atoms with E-state index in [1.165, 1.54) is 29.3 Å². The van der Waals surface area contributed by atoms with Gasteiger partial charge in [0.05, 0.1) is 12.0 Å². The Bertz CT molecular complexity index is 1450. The maximum absolute atomic E-state index is 12.5. The number of aromatic nitrogens is 6. The average molecular weight is 456 g/mol. The minimum absolute atomic E-state index is 0.205. The summed E-state index contributed by atoms with van der Waals surface area (Å²) >= 11 is 1.27. The van der Waals surface area contributed by atoms with Crippen LogP contribution in [0, 0.1) is 0 Å². The average Bonchev–Trinajstić information content (AvgIpc) is 3.50. The number of hydrogen-bond acceptors (Lipinski definition) is 7. The molecule has 0 aliphatic carbocycles. The molecule has 4 heterocycles. The molecule has 0 aromatic carbocycles. The van der Waals surface area contributed by atoms with Crippen LogP contribution in [0.5, 0.6) is 0 Å². The Labute approximate surface area is 184 Å². The van der Waals surface area contributed by atoms with E-state index in [0.717, 1.165) is 4.57 Å². The summed E-state index contributed by atoms with van der Waals surface area (Å²) in [6.07, 6.45) is 3.78. The van der Waals surface area contributed by atoms with Crippen LogP contribution < -0.4 is 22.3 Å². The fraction of sp³-hybridized carbons (Fsp3) is 0.263. The summed E-state index contributed by atoms with van der Waals surface area (Å²) in [6, 6.07) is 1.60. The van der Waals surface area contributed by atoms with Gasteiger partial charge < -0.3 is 20.6 Å². The maximum Gasteiger partial charge on any atom is 0.332 e. The summed E-state index contributed by atoms with van der Waals surface area (Å²) in [5, 5.41) is 4.95. The van der Waals surface area contributed by atoms with Gasteiger partial charge in [-0.2, -0.15) is 0 Å². The van der Waals surface area contributed by atoms with Gasteiger partial charge in [-0.15, -0.1) is 11.3 Å². The topological polar surface area (TPSA) is 163 Å². The second-order valence-electron chi connectivity index (χ2n) is 7.17. The van der Waals surface area contributed by atoms with Crippen LogP contribution in [0.1, 0.15) is 23.3 Å². The van der Waals surface area contributed by atoms with Crippen LogP contribution in [-0.4, -0.2) is 40.5 Å². The number of primary amides is 1. The van der Waals surface area contributed by atoms with Crippen LogP contribution >= 0.6 is 11.3 Å². The molecule has 0 fully saturated rings. The molecule has 4 aromatic heterocycles. The SMILES string of the molecule is Cn1c(=O)c2c(ncn2CCCC(=O)Nc2nc(-c3c[nH]c(C(N)=O)c3)cs2)n(C)c1=O. The Morgan fingerprint density at radius 3 is 2.75 bits per heavy atom. The number of rotatable bonds is 7. The highest BCUT2D eigenvalue weighted by Gasteiger charge is 2.15. The Hall–Kier alpha value is -4.00. The quantitative estimate of drug-likeness (QED) is 0.364. The third-order valence-corrected chi connectivity index (χ3v) is 5.77. The molecule has 12 nitrogen and oxygen atoms in total. The number of imidazole rings is 1. The van der Waals surface area contributed by atoms with Gasteiger partial charge in [0.15, 0.2) is 16.3 Å². The van der Waals surface area contributed by atoms with E-state index >= 15 is 0 Å². The standard InChI is InChI=1S/C19H20N8O4S/c1-25-16-14(17(30)26(2)19(25)31)27(9-22-16)5-3-4-13(28)24-18-23-12(8-32-18)10-6-11(15(20)29)21-7-10/h6-9,21H,3-5H2,1-2H3,(H2,20,29)(H,23,24,28). The van der Waals surface area contributed by atoms with Crippen LogP contribution in [-0.2, 0) is 25.4 Å². The zero-order chi connectivity index (χ0) is 23.0. The largest absolute Gasteiger partial charge is 0.364 e. The molecule has 0 saturated carbocycles. The molecule has 4 N–H and O–H groups in total. The third-order valence-electron chi connectivity index (χ3n) is 5.01. The molecule has 4 rings (SSSR count). The van der Waals surface area contributed by atoms with Gasteiger partial charge in [-0.25, -0.2) is 14.8 Å². The molecule has 32 heavy (non-hydrogen) atoms. The highest BCUT2D eigenvalue weighted by Crippen LogP contribution is 2.25. The molecule has 2 amide bonds. The number of carbonyl (C=O) groups is 2. The molecule has 0 aliphatic heterocycles. The summed E-state index contributed by atoms with van der Waals surface area (Å²) < 4.78 is 4.00. The number of carbonyl (C=O) groups excluding carboxylic acids is 2. The van der Waals surface area contributed by atoms with E-state index in [1.54, 1.807) is 29.3 Å². The molecular formula is C19H20N8O4S. The normalized spacial score (nSPS) is 11.2. The summed E-state index contributed by atoms with van der Waals surface area (Å²) in [5.74, 6) is -0.784. The minimum atomic E-state index is -0.564. The van der Waals surface area contributed by atoms with E-state index in [-0.39, 0.29) is 18.0 Å². The van der Waals surface area contributed by atoms with Crippen molar-refractivity contribution in [2.75, 3.05) is 5.32 Å². The van der Waals surface area contributed by atoms with Gasteiger partial charge in [0.25, 0.3) is 11.5 Å². The number of aromatic amines is 1. The molecular weight excluding hydrogens is 436 g/mol. The summed E-state index contributed by atoms with van der Waals surface area (Å²) in [7, 11) is 2.97. The van der Waals surface area contributed by atoms with E-state index in [0.29, 0.717) is 40.5 Å². The highest BCUT2D eigenvalue weighted by atomic mass is 32.1. The molecule has 0 radical (unpaired) electrons. The van der Waals surface area contributed by atoms with Crippen molar-refractivity contribution in [1.82, 2.24) is 28.7 Å². The number of fused-ring (bicyclic) bond motifs is 1. The van der Waals surface area contributed by atoms with Crippen LogP contribution in [0.2, 0.25) is 0 Å². The number of amides is 2. The second-order valence-corrected chi connectivity index (χ2v) is 8.03. The van der Waals surface area contributed by atoms with Crippen molar-refractivity contribution in [3.05, 3.63) is 50.5 Å². The molecule has 166 valence electrons. The minimum Gasteiger partial charge on any atom is -0.364 e. The Balaban J connectivity index is 1.38. The van der Waals surface area contributed by atoms with E-state index in [4.69, 9.17) is 5.73 Å². The molecule has 13 heteroatoms. The molecule has 0 saturated heterocycles. The fourth-order valence-electron chi connectivity index (χ4n) is 3.31. The summed E-state index contributed by atoms with van der Waals surface area (Å²) in [5.41, 5.74) is 6.57. The second kappa shape index (κ2) is 8.26. The number of hydrogen-bond donors (Lipinski definition) is 3. The summed E-state index contributed by atoms with van der Waals surface area (Å²) in [6.45, 7) is 0.389. The van der Waals surface area contributed by atoms with Crippen LogP contribution in [0.4, 0.5) is 5.13 Å². The highest BCUT2D eigenvalue weighted by molar-refractivity contribution is 7.14. The van der Waals surface area contributed by atoms with Crippen molar-refractivity contribution in [3.63, 3.8) is 0 Å². The van der Waals surface area contributed by atoms with E-state index < -0.39 is 17.2 Å². The van der Waals surface area contributed by atoms with Crippen molar-refractivity contribution in [1.29, 1.82) is 0 Å². The lowest BCUT2D eigenvalue weighted by Gasteiger charge is -2.06. The number of H-pyrrole nitrogens is 1. The predicted molar refractivity (Wildman–Crippen MR) is 118 cm³/mol. The van der Waals surface area contributed by atoms with Crippen molar-refractivity contribution < 1.29 is 9.59 Å². The van der Waals surface area contributed by atoms with Crippen molar-refractivity contribution in [3.8, 4) is 11.3 Å². The van der Waals surface area contributed by atoms with Crippen molar-refractivity contribution >= 4 is 39.4 Å². The van der Waals surface area contributed by atoms with Gasteiger partial charge in [-0.1, -0.05) is 0 Å². The first kappa shape index (κ1) is 21.2. The lowest BCUT2D eigenvalue weighted by molar-refractivity contribution is -0.116. The smallest absolute Gasteiger partial charge is 0.332 e. The van der Waals surface area contributed by atoms with E-state index in [1.807, 2.05) is 0 Å². The van der Waals surface area contributed by atoms with Gasteiger partial charge in [0.1, 0.15) is 5.69 Å². The number of nitrogens with zero attached hydrogens (tertiary/aromatic N) is 5. The van der Waals surface area contributed by atoms with E-state index in [2.05, 4.69) is 20.3 Å². The first-order valence-corrected chi connectivity index (χ1v) is 10.5. The number of nitrogens with two attached hydrogens (primary N) is 1.